The van der Waals surface area contributed by atoms with E-state index in [-0.39, 0.29) is 17.6 Å². The molecule has 0 bridgehead atoms. The van der Waals surface area contributed by atoms with Crippen LogP contribution in [0.15, 0.2) is 28.6 Å². The van der Waals surface area contributed by atoms with Gasteiger partial charge in [0.25, 0.3) is 5.91 Å². The molecule has 1 N–H and O–H groups in total. The monoisotopic (exact) mass is 408 g/mol. The van der Waals surface area contributed by atoms with Gasteiger partial charge in [-0.3, -0.25) is 19.8 Å². The van der Waals surface area contributed by atoms with Crippen molar-refractivity contribution in [2.75, 3.05) is 30.8 Å². The normalized spacial score (nSPS) is 10.8. The first kappa shape index (κ1) is 21.3. The Labute approximate surface area is 167 Å². The van der Waals surface area contributed by atoms with Crippen LogP contribution in [-0.4, -0.2) is 52.4 Å². The molecule has 1 aromatic carbocycles. The van der Waals surface area contributed by atoms with E-state index < -0.39 is 0 Å². The van der Waals surface area contributed by atoms with Gasteiger partial charge in [0, 0.05) is 12.1 Å². The Morgan fingerprint density at radius 1 is 1.15 bits per heavy atom. The highest BCUT2D eigenvalue weighted by molar-refractivity contribution is 8.01. The van der Waals surface area contributed by atoms with Gasteiger partial charge >= 0.3 is 5.97 Å². The molecule has 146 valence electrons. The van der Waals surface area contributed by atoms with Crippen molar-refractivity contribution in [1.29, 1.82) is 0 Å². The van der Waals surface area contributed by atoms with Gasteiger partial charge in [-0.2, -0.15) is 0 Å². The van der Waals surface area contributed by atoms with Crippen LogP contribution in [0.2, 0.25) is 0 Å². The van der Waals surface area contributed by atoms with E-state index in [4.69, 9.17) is 4.74 Å². The summed E-state index contributed by atoms with van der Waals surface area (Å²) >= 11 is 2.47. The van der Waals surface area contributed by atoms with Crippen molar-refractivity contribution in [1.82, 2.24) is 15.1 Å². The summed E-state index contributed by atoms with van der Waals surface area (Å²) in [4.78, 5) is 26.0. The zero-order chi connectivity index (χ0) is 19.6. The van der Waals surface area contributed by atoms with Crippen molar-refractivity contribution in [3.05, 3.63) is 35.4 Å². The van der Waals surface area contributed by atoms with Crippen LogP contribution in [-0.2, 0) is 16.1 Å². The van der Waals surface area contributed by atoms with Gasteiger partial charge in [-0.15, -0.1) is 10.2 Å². The molecule has 0 aliphatic heterocycles. The Kier molecular flexibility index (Phi) is 8.70. The maximum atomic E-state index is 12.4. The Bertz CT molecular complexity index is 745. The SMILES string of the molecule is CCOC(=O)CSc1nnc(NC(=O)c2ccc(CN(CC)CC)cc2)s1. The maximum Gasteiger partial charge on any atom is 0.316 e. The van der Waals surface area contributed by atoms with Gasteiger partial charge in [-0.1, -0.05) is 49.1 Å². The number of benzene rings is 1. The lowest BCUT2D eigenvalue weighted by molar-refractivity contribution is -0.139. The van der Waals surface area contributed by atoms with Crippen molar-refractivity contribution in [2.24, 2.45) is 0 Å². The predicted molar refractivity (Wildman–Crippen MR) is 108 cm³/mol. The predicted octanol–water partition coefficient (Wildman–Crippen LogP) is 3.29. The van der Waals surface area contributed by atoms with Crippen LogP contribution in [0, 0.1) is 0 Å². The number of nitrogens with one attached hydrogen (secondary N) is 1. The molecule has 2 rings (SSSR count). The van der Waals surface area contributed by atoms with E-state index in [2.05, 4.69) is 34.3 Å². The Hall–Kier alpha value is -1.97. The highest BCUT2D eigenvalue weighted by Crippen LogP contribution is 2.25. The van der Waals surface area contributed by atoms with Gasteiger partial charge < -0.3 is 4.74 Å². The molecule has 0 spiro atoms. The maximum absolute atomic E-state index is 12.4. The van der Waals surface area contributed by atoms with Crippen molar-refractivity contribution in [2.45, 2.75) is 31.7 Å². The zero-order valence-corrected chi connectivity index (χ0v) is 17.4. The lowest BCUT2D eigenvalue weighted by atomic mass is 10.1. The first-order valence-corrected chi connectivity index (χ1v) is 10.6. The van der Waals surface area contributed by atoms with Crippen LogP contribution >= 0.6 is 23.1 Å². The smallest absolute Gasteiger partial charge is 0.316 e. The second-order valence-corrected chi connectivity index (χ2v) is 7.78. The number of hydrogen-bond acceptors (Lipinski definition) is 8. The van der Waals surface area contributed by atoms with Crippen molar-refractivity contribution < 1.29 is 14.3 Å². The molecule has 1 heterocycles. The minimum atomic E-state index is -0.298. The highest BCUT2D eigenvalue weighted by atomic mass is 32.2. The Balaban J connectivity index is 1.88. The van der Waals surface area contributed by atoms with Crippen molar-refractivity contribution in [3.8, 4) is 0 Å². The fourth-order valence-electron chi connectivity index (χ4n) is 2.28. The summed E-state index contributed by atoms with van der Waals surface area (Å²) < 4.78 is 5.47. The summed E-state index contributed by atoms with van der Waals surface area (Å²) in [5.74, 6) is -0.361. The molecule has 7 nitrogen and oxygen atoms in total. The molecular formula is C18H24N4O3S2. The molecule has 1 aromatic heterocycles. The van der Waals surface area contributed by atoms with Crippen LogP contribution < -0.4 is 5.32 Å². The standard InChI is InChI=1S/C18H24N4O3S2/c1-4-22(5-2)11-13-7-9-14(10-8-13)16(24)19-17-20-21-18(27-17)26-12-15(23)25-6-3/h7-10H,4-6,11-12H2,1-3H3,(H,19,20,24). The lowest BCUT2D eigenvalue weighted by Crippen LogP contribution is -2.22. The first-order valence-electron chi connectivity index (χ1n) is 8.80. The number of thioether (sulfide) groups is 1. The molecule has 0 aliphatic rings. The number of esters is 1. The fraction of sp³-hybridized carbons (Fsp3) is 0.444. The van der Waals surface area contributed by atoms with Gasteiger partial charge in [0.2, 0.25) is 5.13 Å². The number of anilines is 1. The summed E-state index contributed by atoms with van der Waals surface area (Å²) in [6.07, 6.45) is 0. The summed E-state index contributed by atoms with van der Waals surface area (Å²) in [6.45, 7) is 9.23. The quantitative estimate of drug-likeness (QED) is 0.367. The van der Waals surface area contributed by atoms with E-state index in [1.165, 1.54) is 28.7 Å². The fourth-order valence-corrected chi connectivity index (χ4v) is 3.82. The van der Waals surface area contributed by atoms with E-state index in [0.29, 0.717) is 21.6 Å². The summed E-state index contributed by atoms with van der Waals surface area (Å²) in [5.41, 5.74) is 1.73. The highest BCUT2D eigenvalue weighted by Gasteiger charge is 2.12. The molecule has 0 saturated heterocycles. The Morgan fingerprint density at radius 3 is 2.48 bits per heavy atom. The van der Waals surface area contributed by atoms with Crippen LogP contribution in [0.4, 0.5) is 5.13 Å². The number of carbonyl (C=O) groups excluding carboxylic acids is 2. The van der Waals surface area contributed by atoms with E-state index in [9.17, 15) is 9.59 Å². The number of aromatic nitrogens is 2. The lowest BCUT2D eigenvalue weighted by Gasteiger charge is -2.17. The summed E-state index contributed by atoms with van der Waals surface area (Å²) in [5, 5.41) is 11.0. The minimum absolute atomic E-state index is 0.171. The first-order chi connectivity index (χ1) is 13.0. The van der Waals surface area contributed by atoms with Gasteiger partial charge in [-0.25, -0.2) is 0 Å². The molecule has 1 amide bonds. The summed E-state index contributed by atoms with van der Waals surface area (Å²) in [7, 11) is 0. The molecular weight excluding hydrogens is 384 g/mol. The number of amides is 1. The average Bonchev–Trinajstić information content (AvgIpc) is 3.12. The van der Waals surface area contributed by atoms with Gasteiger partial charge in [0.1, 0.15) is 0 Å². The van der Waals surface area contributed by atoms with Gasteiger partial charge in [0.15, 0.2) is 4.34 Å². The van der Waals surface area contributed by atoms with Crippen molar-refractivity contribution in [3.63, 3.8) is 0 Å². The number of carbonyl (C=O) groups is 2. The van der Waals surface area contributed by atoms with Crippen LogP contribution in [0.25, 0.3) is 0 Å². The van der Waals surface area contributed by atoms with E-state index >= 15 is 0 Å². The number of rotatable bonds is 10. The molecule has 9 heteroatoms. The average molecular weight is 409 g/mol. The third-order valence-corrected chi connectivity index (χ3v) is 5.71. The largest absolute Gasteiger partial charge is 0.465 e. The molecule has 0 unspecified atom stereocenters. The third kappa shape index (κ3) is 6.93. The third-order valence-electron chi connectivity index (χ3n) is 3.76. The second kappa shape index (κ2) is 11.0. The van der Waals surface area contributed by atoms with E-state index in [0.717, 1.165) is 19.6 Å². The van der Waals surface area contributed by atoms with Gasteiger partial charge in [0.05, 0.1) is 12.4 Å². The van der Waals surface area contributed by atoms with E-state index in [1.54, 1.807) is 6.92 Å². The summed E-state index contributed by atoms with van der Waals surface area (Å²) in [6, 6.07) is 7.55. The number of ether oxygens (including phenoxy) is 1. The molecule has 0 atom stereocenters. The molecule has 2 aromatic rings. The zero-order valence-electron chi connectivity index (χ0n) is 15.7. The number of nitrogens with zero attached hydrogens (tertiary/aromatic N) is 3. The molecule has 0 saturated carbocycles. The number of hydrogen-bond donors (Lipinski definition) is 1. The van der Waals surface area contributed by atoms with Crippen molar-refractivity contribution >= 4 is 40.1 Å². The second-order valence-electron chi connectivity index (χ2n) is 5.58. The van der Waals surface area contributed by atoms with Crippen LogP contribution in [0.3, 0.4) is 0 Å². The molecule has 27 heavy (non-hydrogen) atoms. The molecule has 0 fully saturated rings. The van der Waals surface area contributed by atoms with E-state index in [1.807, 2.05) is 24.3 Å². The minimum Gasteiger partial charge on any atom is -0.465 e. The van der Waals surface area contributed by atoms with Crippen LogP contribution in [0.1, 0.15) is 36.7 Å². The molecule has 0 aliphatic carbocycles. The topological polar surface area (TPSA) is 84.4 Å². The Morgan fingerprint density at radius 2 is 1.85 bits per heavy atom. The molecule has 0 radical (unpaired) electrons. The van der Waals surface area contributed by atoms with Gasteiger partial charge in [-0.05, 0) is 37.7 Å². The van der Waals surface area contributed by atoms with Crippen LogP contribution in [0.5, 0.6) is 0 Å².